The molecule has 2 N–H and O–H groups in total. The first kappa shape index (κ1) is 12.2. The summed E-state index contributed by atoms with van der Waals surface area (Å²) in [5, 5.41) is 6.52. The molecule has 0 spiro atoms. The fourth-order valence-corrected chi connectivity index (χ4v) is 2.37. The third-order valence-electron chi connectivity index (χ3n) is 3.62. The second-order valence-corrected chi connectivity index (χ2v) is 5.48. The lowest BCUT2D eigenvalue weighted by atomic mass is 9.80. The number of hydrogen-bond acceptors (Lipinski definition) is 2. The predicted octanol–water partition coefficient (Wildman–Crippen LogP) is 1.14. The van der Waals surface area contributed by atoms with Crippen LogP contribution in [0.3, 0.4) is 0 Å². The molecule has 0 saturated carbocycles. The maximum absolute atomic E-state index is 12.1. The van der Waals surface area contributed by atoms with Gasteiger partial charge in [-0.05, 0) is 30.5 Å². The number of rotatable bonds is 2. The lowest BCUT2D eigenvalue weighted by Gasteiger charge is -2.39. The minimum atomic E-state index is 0.0254. The van der Waals surface area contributed by atoms with Crippen LogP contribution in [0, 0.1) is 5.41 Å². The van der Waals surface area contributed by atoms with Crippen molar-refractivity contribution in [1.29, 1.82) is 0 Å². The highest BCUT2D eigenvalue weighted by Crippen LogP contribution is 2.25. The minimum absolute atomic E-state index is 0.0254. The van der Waals surface area contributed by atoms with Gasteiger partial charge in [-0.2, -0.15) is 0 Å². The number of nitrogens with zero attached hydrogens (tertiary/aromatic N) is 1. The number of carbonyl (C=O) groups is 1. The topological polar surface area (TPSA) is 46.1 Å². The smallest absolute Gasteiger partial charge is 0.268 e. The molecule has 2 heterocycles. The Morgan fingerprint density at radius 2 is 2.35 bits per heavy atom. The molecule has 0 aliphatic carbocycles. The molecule has 2 rings (SSSR count). The van der Waals surface area contributed by atoms with Gasteiger partial charge in [-0.15, -0.1) is 0 Å². The van der Waals surface area contributed by atoms with E-state index in [1.807, 2.05) is 29.9 Å². The molecule has 1 amide bonds. The molecule has 1 fully saturated rings. The quantitative estimate of drug-likeness (QED) is 0.807. The van der Waals surface area contributed by atoms with Gasteiger partial charge in [0.2, 0.25) is 0 Å². The van der Waals surface area contributed by atoms with E-state index in [1.165, 1.54) is 0 Å². The van der Waals surface area contributed by atoms with E-state index in [4.69, 9.17) is 0 Å². The highest BCUT2D eigenvalue weighted by atomic mass is 16.2. The molecule has 17 heavy (non-hydrogen) atoms. The van der Waals surface area contributed by atoms with Crippen LogP contribution in [0.2, 0.25) is 0 Å². The van der Waals surface area contributed by atoms with Crippen molar-refractivity contribution in [1.82, 2.24) is 15.2 Å². The maximum Gasteiger partial charge on any atom is 0.268 e. The van der Waals surface area contributed by atoms with Crippen molar-refractivity contribution >= 4 is 5.91 Å². The van der Waals surface area contributed by atoms with Gasteiger partial charge in [-0.1, -0.05) is 13.8 Å². The molecule has 1 aliphatic heterocycles. The second-order valence-electron chi connectivity index (χ2n) is 5.48. The van der Waals surface area contributed by atoms with Crippen LogP contribution in [0.4, 0.5) is 0 Å². The van der Waals surface area contributed by atoms with Crippen LogP contribution in [-0.4, -0.2) is 29.6 Å². The third-order valence-corrected chi connectivity index (χ3v) is 3.62. The summed E-state index contributed by atoms with van der Waals surface area (Å²) in [5.74, 6) is 0.0254. The van der Waals surface area contributed by atoms with Crippen LogP contribution >= 0.6 is 0 Å². The molecule has 0 bridgehead atoms. The first-order valence-corrected chi connectivity index (χ1v) is 6.13. The SMILES string of the molecule is Cn1cccc1C(=O)NC1CCNCC1(C)C. The zero-order chi connectivity index (χ0) is 12.5. The third kappa shape index (κ3) is 2.52. The van der Waals surface area contributed by atoms with Gasteiger partial charge in [0.05, 0.1) is 0 Å². The first-order chi connectivity index (χ1) is 8.00. The second kappa shape index (κ2) is 4.53. The number of carbonyl (C=O) groups excluding carboxylic acids is 1. The van der Waals surface area contributed by atoms with Gasteiger partial charge < -0.3 is 15.2 Å². The molecule has 1 saturated heterocycles. The van der Waals surface area contributed by atoms with Gasteiger partial charge in [0.1, 0.15) is 5.69 Å². The molecule has 1 atom stereocenters. The Morgan fingerprint density at radius 1 is 1.59 bits per heavy atom. The van der Waals surface area contributed by atoms with Crippen LogP contribution in [-0.2, 0) is 7.05 Å². The van der Waals surface area contributed by atoms with Crippen molar-refractivity contribution in [2.24, 2.45) is 12.5 Å². The standard InChI is InChI=1S/C13H21N3O/c1-13(2)9-14-7-6-11(13)15-12(17)10-5-4-8-16(10)3/h4-5,8,11,14H,6-7,9H2,1-3H3,(H,15,17). The van der Waals surface area contributed by atoms with E-state index in [1.54, 1.807) is 0 Å². The van der Waals surface area contributed by atoms with Crippen LogP contribution < -0.4 is 10.6 Å². The lowest BCUT2D eigenvalue weighted by Crippen LogP contribution is -2.54. The average molecular weight is 235 g/mol. The van der Waals surface area contributed by atoms with Crippen LogP contribution in [0.1, 0.15) is 30.8 Å². The number of hydrogen-bond donors (Lipinski definition) is 2. The highest BCUT2D eigenvalue weighted by Gasteiger charge is 2.33. The molecule has 0 aromatic carbocycles. The molecule has 94 valence electrons. The summed E-state index contributed by atoms with van der Waals surface area (Å²) >= 11 is 0. The summed E-state index contributed by atoms with van der Waals surface area (Å²) < 4.78 is 1.85. The fourth-order valence-electron chi connectivity index (χ4n) is 2.37. The Morgan fingerprint density at radius 3 is 2.94 bits per heavy atom. The van der Waals surface area contributed by atoms with Crippen molar-refractivity contribution in [2.45, 2.75) is 26.3 Å². The average Bonchev–Trinajstić information content (AvgIpc) is 2.67. The Labute approximate surface area is 102 Å². The Hall–Kier alpha value is -1.29. The normalized spacial score (nSPS) is 23.4. The van der Waals surface area contributed by atoms with Gasteiger partial charge in [-0.25, -0.2) is 0 Å². The molecule has 1 aromatic rings. The molecule has 0 radical (unpaired) electrons. The molecule has 1 unspecified atom stereocenters. The largest absolute Gasteiger partial charge is 0.347 e. The lowest BCUT2D eigenvalue weighted by molar-refractivity contribution is 0.0860. The molecule has 1 aliphatic rings. The highest BCUT2D eigenvalue weighted by molar-refractivity contribution is 5.92. The van der Waals surface area contributed by atoms with Crippen molar-refractivity contribution in [3.63, 3.8) is 0 Å². The molecule has 1 aromatic heterocycles. The number of piperidine rings is 1. The van der Waals surface area contributed by atoms with E-state index in [0.29, 0.717) is 0 Å². The van der Waals surface area contributed by atoms with Gasteiger partial charge in [0, 0.05) is 25.8 Å². The molecule has 4 nitrogen and oxygen atoms in total. The number of amides is 1. The predicted molar refractivity (Wildman–Crippen MR) is 67.9 cm³/mol. The molecular weight excluding hydrogens is 214 g/mol. The van der Waals surface area contributed by atoms with Gasteiger partial charge in [0.15, 0.2) is 0 Å². The number of nitrogens with one attached hydrogen (secondary N) is 2. The van der Waals surface area contributed by atoms with Crippen molar-refractivity contribution in [3.05, 3.63) is 24.0 Å². The van der Waals surface area contributed by atoms with E-state index < -0.39 is 0 Å². The fraction of sp³-hybridized carbons (Fsp3) is 0.615. The summed E-state index contributed by atoms with van der Waals surface area (Å²) in [6.45, 7) is 6.30. The Kier molecular flexibility index (Phi) is 3.24. The van der Waals surface area contributed by atoms with E-state index >= 15 is 0 Å². The van der Waals surface area contributed by atoms with Gasteiger partial charge in [0.25, 0.3) is 5.91 Å². The Bertz CT molecular complexity index is 409. The number of aromatic nitrogens is 1. The maximum atomic E-state index is 12.1. The summed E-state index contributed by atoms with van der Waals surface area (Å²) in [6.07, 6.45) is 2.88. The summed E-state index contributed by atoms with van der Waals surface area (Å²) in [7, 11) is 1.89. The van der Waals surface area contributed by atoms with Gasteiger partial charge in [-0.3, -0.25) is 4.79 Å². The monoisotopic (exact) mass is 235 g/mol. The first-order valence-electron chi connectivity index (χ1n) is 6.13. The van der Waals surface area contributed by atoms with Crippen molar-refractivity contribution in [3.8, 4) is 0 Å². The van der Waals surface area contributed by atoms with Crippen LogP contribution in [0.25, 0.3) is 0 Å². The zero-order valence-electron chi connectivity index (χ0n) is 10.8. The molecule has 4 heteroatoms. The summed E-state index contributed by atoms with van der Waals surface area (Å²) in [5.41, 5.74) is 0.832. The summed E-state index contributed by atoms with van der Waals surface area (Å²) in [6, 6.07) is 3.98. The minimum Gasteiger partial charge on any atom is -0.347 e. The van der Waals surface area contributed by atoms with Gasteiger partial charge >= 0.3 is 0 Å². The Balaban J connectivity index is 2.06. The molecular formula is C13H21N3O. The van der Waals surface area contributed by atoms with E-state index in [9.17, 15) is 4.79 Å². The van der Waals surface area contributed by atoms with Crippen molar-refractivity contribution in [2.75, 3.05) is 13.1 Å². The van der Waals surface area contributed by atoms with Crippen LogP contribution in [0.5, 0.6) is 0 Å². The summed E-state index contributed by atoms with van der Waals surface area (Å²) in [4.78, 5) is 12.1. The van der Waals surface area contributed by atoms with Crippen molar-refractivity contribution < 1.29 is 4.79 Å². The van der Waals surface area contributed by atoms with Crippen LogP contribution in [0.15, 0.2) is 18.3 Å². The zero-order valence-corrected chi connectivity index (χ0v) is 10.8. The van der Waals surface area contributed by atoms with E-state index in [0.717, 1.165) is 25.2 Å². The van der Waals surface area contributed by atoms with E-state index in [2.05, 4.69) is 24.5 Å². The van der Waals surface area contributed by atoms with E-state index in [-0.39, 0.29) is 17.4 Å². The number of aryl methyl sites for hydroxylation is 1.